The molecule has 0 radical (unpaired) electrons. The third-order valence-corrected chi connectivity index (χ3v) is 4.01. The first-order valence-corrected chi connectivity index (χ1v) is 9.55. The molecule has 0 fully saturated rings. The molecular weight excluding hydrogens is 358 g/mol. The van der Waals surface area contributed by atoms with Gasteiger partial charge in [0, 0.05) is 6.26 Å². The van der Waals surface area contributed by atoms with Gasteiger partial charge < -0.3 is 14.8 Å². The van der Waals surface area contributed by atoms with E-state index in [-0.39, 0.29) is 6.42 Å². The molecule has 1 atom stereocenters. The van der Waals surface area contributed by atoms with Crippen LogP contribution in [0.3, 0.4) is 0 Å². The van der Waals surface area contributed by atoms with Gasteiger partial charge in [-0.3, -0.25) is 4.79 Å². The van der Waals surface area contributed by atoms with Crippen LogP contribution in [0.25, 0.3) is 0 Å². The van der Waals surface area contributed by atoms with E-state index in [1.807, 2.05) is 0 Å². The maximum Gasteiger partial charge on any atom is 0.408 e. The van der Waals surface area contributed by atoms with E-state index in [1.165, 1.54) is 0 Å². The molecule has 0 rings (SSSR count). The van der Waals surface area contributed by atoms with Crippen LogP contribution in [0, 0.1) is 0 Å². The molecule has 7 nitrogen and oxygen atoms in total. The molecule has 0 aliphatic carbocycles. The maximum atomic E-state index is 11.9. The quantitative estimate of drug-likeness (QED) is 0.733. The minimum absolute atomic E-state index is 0.289. The highest BCUT2D eigenvalue weighted by atomic mass is 35.5. The number of sulfone groups is 1. The molecule has 0 bridgehead atoms. The Morgan fingerprint density at radius 2 is 1.54 bits per heavy atom. The highest BCUT2D eigenvalue weighted by molar-refractivity contribution is 7.96. The number of nitrogens with one attached hydrogen (secondary N) is 1. The summed E-state index contributed by atoms with van der Waals surface area (Å²) in [5.74, 6) is -0.613. The van der Waals surface area contributed by atoms with E-state index < -0.39 is 43.5 Å². The molecule has 9 heteroatoms. The molecule has 0 heterocycles. The molecular formula is C15H26ClNO6S. The Labute approximate surface area is 148 Å². The van der Waals surface area contributed by atoms with E-state index in [2.05, 4.69) is 5.32 Å². The van der Waals surface area contributed by atoms with Crippen molar-refractivity contribution in [2.45, 2.75) is 65.2 Å². The van der Waals surface area contributed by atoms with Crippen LogP contribution in [0.1, 0.15) is 48.0 Å². The number of halogens is 1. The second-order valence-electron chi connectivity index (χ2n) is 7.29. The summed E-state index contributed by atoms with van der Waals surface area (Å²) in [6, 6.07) is -0.989. The third-order valence-electron chi connectivity index (χ3n) is 2.20. The van der Waals surface area contributed by atoms with Gasteiger partial charge in [0.25, 0.3) is 0 Å². The first-order valence-electron chi connectivity index (χ1n) is 7.28. The van der Waals surface area contributed by atoms with Gasteiger partial charge in [-0.2, -0.15) is 0 Å². The standard InChI is InChI=1S/C15H26ClNO6S/c1-14(2,3)22-12(18)9-10(8-11(16)24(7,20)21)17-13(19)23-15(4,5)6/h8,10H,9H2,1-7H3,(H,17,19)/b11-8+/t10-/m1/s1. The van der Waals surface area contributed by atoms with Gasteiger partial charge >= 0.3 is 12.1 Å². The van der Waals surface area contributed by atoms with Gasteiger partial charge in [-0.05, 0) is 47.6 Å². The largest absolute Gasteiger partial charge is 0.460 e. The minimum atomic E-state index is -3.66. The van der Waals surface area contributed by atoms with Crippen molar-refractivity contribution in [2.24, 2.45) is 0 Å². The zero-order valence-electron chi connectivity index (χ0n) is 15.1. The van der Waals surface area contributed by atoms with E-state index in [0.29, 0.717) is 0 Å². The first-order chi connectivity index (χ1) is 10.5. The molecule has 140 valence electrons. The fraction of sp³-hybridized carbons (Fsp3) is 0.733. The van der Waals surface area contributed by atoms with Crippen molar-refractivity contribution < 1.29 is 27.5 Å². The number of hydrogen-bond acceptors (Lipinski definition) is 6. The molecule has 0 aromatic heterocycles. The predicted molar refractivity (Wildman–Crippen MR) is 92.4 cm³/mol. The normalized spacial score (nSPS) is 14.8. The van der Waals surface area contributed by atoms with Crippen LogP contribution in [0.4, 0.5) is 4.79 Å². The Morgan fingerprint density at radius 3 is 1.92 bits per heavy atom. The fourth-order valence-electron chi connectivity index (χ4n) is 1.46. The number of hydrogen-bond donors (Lipinski definition) is 1. The Hall–Kier alpha value is -1.28. The van der Waals surface area contributed by atoms with Crippen molar-refractivity contribution in [1.29, 1.82) is 0 Å². The molecule has 0 aromatic carbocycles. The van der Waals surface area contributed by atoms with Gasteiger partial charge in [0.1, 0.15) is 15.6 Å². The lowest BCUT2D eigenvalue weighted by atomic mass is 10.1. The first kappa shape index (κ1) is 22.7. The van der Waals surface area contributed by atoms with Gasteiger partial charge in [-0.1, -0.05) is 11.6 Å². The minimum Gasteiger partial charge on any atom is -0.460 e. The zero-order valence-corrected chi connectivity index (χ0v) is 16.7. The summed E-state index contributed by atoms with van der Waals surface area (Å²) >= 11 is 5.71. The van der Waals surface area contributed by atoms with E-state index in [0.717, 1.165) is 12.3 Å². The number of carbonyl (C=O) groups is 2. The van der Waals surface area contributed by atoms with Crippen molar-refractivity contribution in [1.82, 2.24) is 5.32 Å². The molecule has 1 N–H and O–H groups in total. The fourth-order valence-corrected chi connectivity index (χ4v) is 2.02. The topological polar surface area (TPSA) is 98.8 Å². The number of amides is 1. The molecule has 1 amide bonds. The van der Waals surface area contributed by atoms with E-state index in [1.54, 1.807) is 41.5 Å². The molecule has 0 spiro atoms. The Balaban J connectivity index is 5.24. The number of ether oxygens (including phenoxy) is 2. The van der Waals surface area contributed by atoms with Crippen LogP contribution >= 0.6 is 11.6 Å². The van der Waals surface area contributed by atoms with Crippen molar-refractivity contribution in [3.63, 3.8) is 0 Å². The lowest BCUT2D eigenvalue weighted by molar-refractivity contribution is -0.155. The molecule has 0 saturated carbocycles. The zero-order chi connectivity index (χ0) is 19.3. The highest BCUT2D eigenvalue weighted by Gasteiger charge is 2.24. The van der Waals surface area contributed by atoms with Crippen molar-refractivity contribution >= 4 is 33.5 Å². The van der Waals surface area contributed by atoms with E-state index >= 15 is 0 Å². The molecule has 0 aliphatic heterocycles. The number of esters is 1. The molecule has 0 saturated heterocycles. The third kappa shape index (κ3) is 11.3. The Morgan fingerprint density at radius 1 is 1.08 bits per heavy atom. The molecule has 0 aromatic rings. The summed E-state index contributed by atoms with van der Waals surface area (Å²) in [7, 11) is -3.66. The second-order valence-corrected chi connectivity index (χ2v) is 9.90. The van der Waals surface area contributed by atoms with Crippen LogP contribution in [0.15, 0.2) is 10.4 Å². The van der Waals surface area contributed by atoms with Crippen LogP contribution in [-0.4, -0.2) is 44.0 Å². The molecule has 0 aliphatic rings. The van der Waals surface area contributed by atoms with E-state index in [4.69, 9.17) is 21.1 Å². The van der Waals surface area contributed by atoms with Gasteiger partial charge in [-0.15, -0.1) is 0 Å². The summed E-state index contributed by atoms with van der Waals surface area (Å²) in [6.45, 7) is 10.1. The summed E-state index contributed by atoms with van der Waals surface area (Å²) in [4.78, 5) is 23.8. The second kappa shape index (κ2) is 8.20. The van der Waals surface area contributed by atoms with Crippen molar-refractivity contribution in [2.75, 3.05) is 6.26 Å². The van der Waals surface area contributed by atoms with Gasteiger partial charge in [0.2, 0.25) is 0 Å². The SMILES string of the molecule is CC(C)(C)OC(=O)C[C@@H](/C=C(\Cl)S(C)(=O)=O)NC(=O)OC(C)(C)C. The predicted octanol–water partition coefficient (Wildman–Crippen LogP) is 2.74. The monoisotopic (exact) mass is 383 g/mol. The summed E-state index contributed by atoms with van der Waals surface area (Å²) in [6.07, 6.45) is 0.905. The Bertz CT molecular complexity index is 568. The Kier molecular flexibility index (Phi) is 7.76. The van der Waals surface area contributed by atoms with Crippen LogP contribution < -0.4 is 5.32 Å². The maximum absolute atomic E-state index is 11.9. The molecule has 24 heavy (non-hydrogen) atoms. The highest BCUT2D eigenvalue weighted by Crippen LogP contribution is 2.15. The van der Waals surface area contributed by atoms with Crippen molar-refractivity contribution in [3.8, 4) is 0 Å². The van der Waals surface area contributed by atoms with Crippen LogP contribution in [0.2, 0.25) is 0 Å². The summed E-state index contributed by atoms with van der Waals surface area (Å²) in [5, 5.41) is 2.41. The lowest BCUT2D eigenvalue weighted by Crippen LogP contribution is -2.40. The number of alkyl carbamates (subject to hydrolysis) is 1. The van der Waals surface area contributed by atoms with Crippen LogP contribution in [-0.2, 0) is 24.1 Å². The van der Waals surface area contributed by atoms with Gasteiger partial charge in [0.15, 0.2) is 9.84 Å². The van der Waals surface area contributed by atoms with E-state index in [9.17, 15) is 18.0 Å². The number of carbonyl (C=O) groups excluding carboxylic acids is 2. The van der Waals surface area contributed by atoms with Crippen LogP contribution in [0.5, 0.6) is 0 Å². The average molecular weight is 384 g/mol. The smallest absolute Gasteiger partial charge is 0.408 e. The number of rotatable bonds is 5. The summed E-state index contributed by atoms with van der Waals surface area (Å²) in [5.41, 5.74) is -1.46. The summed E-state index contributed by atoms with van der Waals surface area (Å²) < 4.78 is 32.7. The van der Waals surface area contributed by atoms with Gasteiger partial charge in [0.05, 0.1) is 12.5 Å². The lowest BCUT2D eigenvalue weighted by Gasteiger charge is -2.24. The van der Waals surface area contributed by atoms with Gasteiger partial charge in [-0.25, -0.2) is 13.2 Å². The average Bonchev–Trinajstić information content (AvgIpc) is 2.20. The van der Waals surface area contributed by atoms with Crippen molar-refractivity contribution in [3.05, 3.63) is 10.4 Å². The molecule has 0 unspecified atom stereocenters.